The molecule has 1 aliphatic heterocycles. The van der Waals surface area contributed by atoms with E-state index < -0.39 is 0 Å². The van der Waals surface area contributed by atoms with E-state index in [9.17, 15) is 9.59 Å². The summed E-state index contributed by atoms with van der Waals surface area (Å²) >= 11 is 0. The summed E-state index contributed by atoms with van der Waals surface area (Å²) in [7, 11) is 0. The first-order chi connectivity index (χ1) is 10.7. The molecule has 1 saturated heterocycles. The van der Waals surface area contributed by atoms with Gasteiger partial charge in [-0.25, -0.2) is 4.98 Å². The maximum Gasteiger partial charge on any atom is 0.290 e. The van der Waals surface area contributed by atoms with E-state index in [1.807, 2.05) is 4.90 Å². The predicted molar refractivity (Wildman–Crippen MR) is 80.6 cm³/mol. The van der Waals surface area contributed by atoms with Crippen LogP contribution in [0.2, 0.25) is 0 Å². The molecule has 7 heteroatoms. The van der Waals surface area contributed by atoms with E-state index >= 15 is 0 Å². The summed E-state index contributed by atoms with van der Waals surface area (Å²) < 4.78 is 4.96. The molecule has 22 heavy (non-hydrogen) atoms. The molecule has 3 rings (SSSR count). The molecular weight excluding hydrogens is 284 g/mol. The molecule has 0 spiro atoms. The number of carbonyl (C=O) groups excluding carboxylic acids is 1. The molecule has 1 amide bonds. The zero-order valence-corrected chi connectivity index (χ0v) is 12.1. The van der Waals surface area contributed by atoms with Gasteiger partial charge in [-0.15, -0.1) is 0 Å². The van der Waals surface area contributed by atoms with Gasteiger partial charge < -0.3 is 19.6 Å². The second-order valence-electron chi connectivity index (χ2n) is 5.40. The summed E-state index contributed by atoms with van der Waals surface area (Å²) in [5.74, 6) is 0.375. The van der Waals surface area contributed by atoms with Crippen LogP contribution >= 0.6 is 0 Å². The van der Waals surface area contributed by atoms with Crippen molar-refractivity contribution in [2.75, 3.05) is 18.0 Å². The number of nitrogens with one attached hydrogen (secondary N) is 2. The Bertz CT molecular complexity index is 680. The van der Waals surface area contributed by atoms with E-state index in [1.54, 1.807) is 24.8 Å². The van der Waals surface area contributed by atoms with Crippen molar-refractivity contribution in [3.05, 3.63) is 46.9 Å². The van der Waals surface area contributed by atoms with Gasteiger partial charge in [-0.3, -0.25) is 9.59 Å². The molecule has 116 valence electrons. The lowest BCUT2D eigenvalue weighted by Crippen LogP contribution is -2.49. The number of piperidine rings is 1. The Morgan fingerprint density at radius 1 is 1.55 bits per heavy atom. The maximum absolute atomic E-state index is 12.0. The molecule has 1 atom stereocenters. The van der Waals surface area contributed by atoms with Crippen LogP contribution in [0.1, 0.15) is 18.4 Å². The molecule has 0 bridgehead atoms. The van der Waals surface area contributed by atoms with Crippen molar-refractivity contribution in [2.24, 2.45) is 0 Å². The van der Waals surface area contributed by atoms with Crippen LogP contribution in [0.15, 0.2) is 40.2 Å². The Kier molecular flexibility index (Phi) is 4.22. The van der Waals surface area contributed by atoms with E-state index in [-0.39, 0.29) is 17.5 Å². The molecule has 0 radical (unpaired) electrons. The van der Waals surface area contributed by atoms with Gasteiger partial charge in [0.2, 0.25) is 5.91 Å². The van der Waals surface area contributed by atoms with Gasteiger partial charge in [0.15, 0.2) is 5.82 Å². The third-order valence-electron chi connectivity index (χ3n) is 3.72. The number of aromatic amines is 1. The fourth-order valence-corrected chi connectivity index (χ4v) is 2.71. The largest absolute Gasteiger partial charge is 0.472 e. The standard InChI is InChI=1S/C15H18N4O3/c20-13(8-11-3-7-22-10-11)18-12-2-1-6-19(9-12)14-15(21)17-5-4-16-14/h3-5,7,10,12H,1-2,6,8-9H2,(H,17,21)(H,18,20). The summed E-state index contributed by atoms with van der Waals surface area (Å²) in [4.78, 5) is 32.5. The number of rotatable bonds is 4. The number of H-pyrrole nitrogens is 1. The average molecular weight is 302 g/mol. The third-order valence-corrected chi connectivity index (χ3v) is 3.72. The fourth-order valence-electron chi connectivity index (χ4n) is 2.71. The summed E-state index contributed by atoms with van der Waals surface area (Å²) in [5, 5.41) is 3.01. The van der Waals surface area contributed by atoms with E-state index in [1.165, 1.54) is 6.20 Å². The van der Waals surface area contributed by atoms with Crippen LogP contribution in [0.4, 0.5) is 5.82 Å². The molecule has 2 aromatic heterocycles. The Morgan fingerprint density at radius 3 is 3.23 bits per heavy atom. The molecule has 2 N–H and O–H groups in total. The summed E-state index contributed by atoms with van der Waals surface area (Å²) in [6.45, 7) is 1.37. The number of carbonyl (C=O) groups is 1. The number of aromatic nitrogens is 2. The first-order valence-electron chi connectivity index (χ1n) is 7.31. The number of hydrogen-bond acceptors (Lipinski definition) is 5. The van der Waals surface area contributed by atoms with Crippen molar-refractivity contribution in [3.63, 3.8) is 0 Å². The van der Waals surface area contributed by atoms with Crippen molar-refractivity contribution in [1.29, 1.82) is 0 Å². The molecule has 1 fully saturated rings. The average Bonchev–Trinajstić information content (AvgIpc) is 3.00. The van der Waals surface area contributed by atoms with E-state index in [4.69, 9.17) is 4.42 Å². The Morgan fingerprint density at radius 2 is 2.45 bits per heavy atom. The van der Waals surface area contributed by atoms with Gasteiger partial charge in [0.05, 0.1) is 18.9 Å². The minimum absolute atomic E-state index is 0.0227. The van der Waals surface area contributed by atoms with Crippen molar-refractivity contribution in [1.82, 2.24) is 15.3 Å². The zero-order valence-electron chi connectivity index (χ0n) is 12.1. The van der Waals surface area contributed by atoms with Crippen LogP contribution in [0, 0.1) is 0 Å². The fraction of sp³-hybridized carbons (Fsp3) is 0.400. The molecule has 1 unspecified atom stereocenters. The Labute approximate surface area is 127 Å². The normalized spacial score (nSPS) is 18.2. The van der Waals surface area contributed by atoms with Gasteiger partial charge in [0.25, 0.3) is 5.56 Å². The highest BCUT2D eigenvalue weighted by atomic mass is 16.3. The second kappa shape index (κ2) is 6.46. The first kappa shape index (κ1) is 14.4. The maximum atomic E-state index is 12.0. The van der Waals surface area contributed by atoms with E-state index in [2.05, 4.69) is 15.3 Å². The minimum atomic E-state index is -0.201. The van der Waals surface area contributed by atoms with Crippen LogP contribution in [-0.4, -0.2) is 35.0 Å². The van der Waals surface area contributed by atoms with E-state index in [0.29, 0.717) is 18.8 Å². The molecule has 3 heterocycles. The molecule has 2 aromatic rings. The molecule has 1 aliphatic rings. The lowest BCUT2D eigenvalue weighted by molar-refractivity contribution is -0.121. The summed E-state index contributed by atoms with van der Waals surface area (Å²) in [5.41, 5.74) is 0.652. The Balaban J connectivity index is 1.60. The Hall–Kier alpha value is -2.57. The highest BCUT2D eigenvalue weighted by molar-refractivity contribution is 5.78. The lowest BCUT2D eigenvalue weighted by Gasteiger charge is -2.33. The predicted octanol–water partition coefficient (Wildman–Crippen LogP) is 0.691. The van der Waals surface area contributed by atoms with Gasteiger partial charge in [-0.1, -0.05) is 0 Å². The zero-order chi connectivity index (χ0) is 15.4. The van der Waals surface area contributed by atoms with Crippen molar-refractivity contribution in [2.45, 2.75) is 25.3 Å². The number of nitrogens with zero attached hydrogens (tertiary/aromatic N) is 2. The van der Waals surface area contributed by atoms with Crippen molar-refractivity contribution in [3.8, 4) is 0 Å². The van der Waals surface area contributed by atoms with Gasteiger partial charge in [-0.2, -0.15) is 0 Å². The number of amides is 1. The monoisotopic (exact) mass is 302 g/mol. The highest BCUT2D eigenvalue weighted by Crippen LogP contribution is 2.14. The third kappa shape index (κ3) is 3.36. The van der Waals surface area contributed by atoms with Gasteiger partial charge in [-0.05, 0) is 24.5 Å². The van der Waals surface area contributed by atoms with Gasteiger partial charge in [0.1, 0.15) is 0 Å². The smallest absolute Gasteiger partial charge is 0.290 e. The van der Waals surface area contributed by atoms with Crippen molar-refractivity contribution >= 4 is 11.7 Å². The number of hydrogen-bond donors (Lipinski definition) is 2. The number of furan rings is 1. The summed E-state index contributed by atoms with van der Waals surface area (Å²) in [6.07, 6.45) is 8.32. The SMILES string of the molecule is O=C(Cc1ccoc1)NC1CCCN(c2ncc[nH]c2=O)C1. The highest BCUT2D eigenvalue weighted by Gasteiger charge is 2.23. The molecule has 0 aromatic carbocycles. The second-order valence-corrected chi connectivity index (χ2v) is 5.40. The number of anilines is 1. The van der Waals surface area contributed by atoms with Crippen LogP contribution in [0.5, 0.6) is 0 Å². The van der Waals surface area contributed by atoms with Gasteiger partial charge >= 0.3 is 0 Å². The molecular formula is C15H18N4O3. The van der Waals surface area contributed by atoms with Crippen LogP contribution in [0.25, 0.3) is 0 Å². The minimum Gasteiger partial charge on any atom is -0.472 e. The van der Waals surface area contributed by atoms with Crippen LogP contribution in [0.3, 0.4) is 0 Å². The van der Waals surface area contributed by atoms with E-state index in [0.717, 1.165) is 24.9 Å². The summed E-state index contributed by atoms with van der Waals surface area (Å²) in [6, 6.07) is 1.80. The molecule has 0 aliphatic carbocycles. The quantitative estimate of drug-likeness (QED) is 0.867. The molecule has 0 saturated carbocycles. The van der Waals surface area contributed by atoms with Crippen LogP contribution in [-0.2, 0) is 11.2 Å². The van der Waals surface area contributed by atoms with Crippen LogP contribution < -0.4 is 15.8 Å². The molecule has 7 nitrogen and oxygen atoms in total. The first-order valence-corrected chi connectivity index (χ1v) is 7.31. The van der Waals surface area contributed by atoms with Gasteiger partial charge in [0, 0.05) is 31.5 Å². The topological polar surface area (TPSA) is 91.2 Å². The van der Waals surface area contributed by atoms with Crippen molar-refractivity contribution < 1.29 is 9.21 Å². The lowest BCUT2D eigenvalue weighted by atomic mass is 10.1.